The summed E-state index contributed by atoms with van der Waals surface area (Å²) in [5.41, 5.74) is 0. The third-order valence-electron chi connectivity index (χ3n) is 6.59. The summed E-state index contributed by atoms with van der Waals surface area (Å²) in [5, 5.41) is 13.0. The van der Waals surface area contributed by atoms with Gasteiger partial charge in [-0.05, 0) is 51.2 Å². The van der Waals surface area contributed by atoms with Crippen LogP contribution in [0.25, 0.3) is 0 Å². The van der Waals surface area contributed by atoms with Crippen LogP contribution in [-0.2, 0) is 0 Å². The molecule has 3 unspecified atom stereocenters. The van der Waals surface area contributed by atoms with Crippen molar-refractivity contribution in [3.8, 4) is 0 Å². The molecule has 0 bridgehead atoms. The number of nitrogens with zero attached hydrogens (tertiary/aromatic N) is 3. The molecule has 5 nitrogen and oxygen atoms in total. The van der Waals surface area contributed by atoms with Gasteiger partial charge < -0.3 is 15.3 Å². The van der Waals surface area contributed by atoms with Crippen LogP contribution < -0.4 is 5.32 Å². The summed E-state index contributed by atoms with van der Waals surface area (Å²) in [4.78, 5) is 8.04. The zero-order chi connectivity index (χ0) is 16.8. The number of rotatable bonds is 6. The number of hydrogen-bond donors (Lipinski definition) is 2. The van der Waals surface area contributed by atoms with Crippen molar-refractivity contribution >= 4 is 0 Å². The predicted octanol–water partition coefficient (Wildman–Crippen LogP) is 0.839. The Kier molecular flexibility index (Phi) is 7.35. The van der Waals surface area contributed by atoms with E-state index >= 15 is 0 Å². The quantitative estimate of drug-likeness (QED) is 0.751. The van der Waals surface area contributed by atoms with Crippen LogP contribution in [0.2, 0.25) is 0 Å². The van der Waals surface area contributed by atoms with Crippen molar-refractivity contribution < 1.29 is 5.11 Å². The lowest BCUT2D eigenvalue weighted by molar-refractivity contribution is 0.0278. The van der Waals surface area contributed by atoms with Crippen molar-refractivity contribution in [1.82, 2.24) is 20.0 Å². The van der Waals surface area contributed by atoms with Crippen molar-refractivity contribution in [2.45, 2.75) is 51.1 Å². The highest BCUT2D eigenvalue weighted by Crippen LogP contribution is 2.26. The highest BCUT2D eigenvalue weighted by Gasteiger charge is 2.34. The fourth-order valence-corrected chi connectivity index (χ4v) is 5.03. The number of likely N-dealkylation sites (tertiary alicyclic amines) is 1. The van der Waals surface area contributed by atoms with Crippen molar-refractivity contribution in [3.05, 3.63) is 0 Å². The van der Waals surface area contributed by atoms with E-state index in [2.05, 4.69) is 26.9 Å². The second-order valence-electron chi connectivity index (χ2n) is 7.95. The Hall–Kier alpha value is -0.200. The van der Waals surface area contributed by atoms with Crippen molar-refractivity contribution in [2.24, 2.45) is 5.92 Å². The van der Waals surface area contributed by atoms with E-state index in [1.165, 1.54) is 78.0 Å². The van der Waals surface area contributed by atoms with E-state index in [0.717, 1.165) is 18.9 Å². The molecule has 3 saturated heterocycles. The summed E-state index contributed by atoms with van der Waals surface area (Å²) in [6, 6.07) is 1.32. The number of aliphatic hydroxyl groups is 1. The van der Waals surface area contributed by atoms with Crippen LogP contribution in [0.1, 0.15) is 39.0 Å². The average molecular weight is 339 g/mol. The summed E-state index contributed by atoms with van der Waals surface area (Å²) in [5.74, 6) is 0.790. The Morgan fingerprint density at radius 3 is 2.62 bits per heavy atom. The minimum absolute atomic E-state index is 0.343. The Morgan fingerprint density at radius 1 is 1.04 bits per heavy atom. The van der Waals surface area contributed by atoms with Gasteiger partial charge in [-0.1, -0.05) is 13.3 Å². The molecule has 0 aliphatic carbocycles. The van der Waals surface area contributed by atoms with E-state index in [9.17, 15) is 5.11 Å². The maximum atomic E-state index is 9.40. The first kappa shape index (κ1) is 18.6. The maximum absolute atomic E-state index is 9.40. The first-order chi connectivity index (χ1) is 11.8. The lowest BCUT2D eigenvalue weighted by Crippen LogP contribution is -2.59. The molecule has 2 N–H and O–H groups in total. The highest BCUT2D eigenvalue weighted by molar-refractivity contribution is 4.91. The van der Waals surface area contributed by atoms with Gasteiger partial charge in [0.2, 0.25) is 0 Å². The van der Waals surface area contributed by atoms with E-state index in [-0.39, 0.29) is 0 Å². The molecule has 0 aromatic heterocycles. The van der Waals surface area contributed by atoms with Crippen LogP contribution >= 0.6 is 0 Å². The Bertz CT molecular complexity index is 357. The molecule has 0 saturated carbocycles. The van der Waals surface area contributed by atoms with Crippen LogP contribution in [0.5, 0.6) is 0 Å². The van der Waals surface area contributed by atoms with Gasteiger partial charge in [-0.2, -0.15) is 0 Å². The molecule has 0 spiro atoms. The fraction of sp³-hybridized carbons (Fsp3) is 1.00. The minimum atomic E-state index is 0.343. The molecule has 0 aromatic rings. The largest absolute Gasteiger partial charge is 0.396 e. The second kappa shape index (κ2) is 9.48. The van der Waals surface area contributed by atoms with Gasteiger partial charge in [-0.25, -0.2) is 0 Å². The number of nitrogens with one attached hydrogen (secondary N) is 1. The van der Waals surface area contributed by atoms with E-state index in [4.69, 9.17) is 0 Å². The summed E-state index contributed by atoms with van der Waals surface area (Å²) < 4.78 is 0. The summed E-state index contributed by atoms with van der Waals surface area (Å²) in [6.45, 7) is 13.6. The highest BCUT2D eigenvalue weighted by atomic mass is 16.3. The normalized spacial score (nSPS) is 34.5. The molecule has 140 valence electrons. The standard InChI is InChI=1S/C19H38N4O/c1-2-21-10-12-22(13-11-21)19-15-20-8-6-17(19)16-23-9-4-3-5-18(23)7-14-24/h17-20,24H,2-16H2,1H3. The van der Waals surface area contributed by atoms with Gasteiger partial charge >= 0.3 is 0 Å². The molecule has 0 amide bonds. The Balaban J connectivity index is 1.57. The topological polar surface area (TPSA) is 42.0 Å². The first-order valence-electron chi connectivity index (χ1n) is 10.3. The van der Waals surface area contributed by atoms with E-state index in [0.29, 0.717) is 18.7 Å². The summed E-state index contributed by atoms with van der Waals surface area (Å²) in [6.07, 6.45) is 6.24. The van der Waals surface area contributed by atoms with Crippen molar-refractivity contribution in [1.29, 1.82) is 0 Å². The smallest absolute Gasteiger partial charge is 0.0445 e. The molecular weight excluding hydrogens is 300 g/mol. The maximum Gasteiger partial charge on any atom is 0.0445 e. The van der Waals surface area contributed by atoms with Gasteiger partial charge in [0, 0.05) is 58.0 Å². The lowest BCUT2D eigenvalue weighted by Gasteiger charge is -2.47. The van der Waals surface area contributed by atoms with Gasteiger partial charge in [0.15, 0.2) is 0 Å². The number of likely N-dealkylation sites (N-methyl/N-ethyl adjacent to an activating group) is 1. The third-order valence-corrected chi connectivity index (χ3v) is 6.59. The monoisotopic (exact) mass is 338 g/mol. The molecule has 3 rings (SSSR count). The predicted molar refractivity (Wildman–Crippen MR) is 99.4 cm³/mol. The van der Waals surface area contributed by atoms with Crippen LogP contribution in [0.15, 0.2) is 0 Å². The van der Waals surface area contributed by atoms with Crippen LogP contribution in [0, 0.1) is 5.92 Å². The zero-order valence-electron chi connectivity index (χ0n) is 15.6. The summed E-state index contributed by atoms with van der Waals surface area (Å²) >= 11 is 0. The SMILES string of the molecule is CCN1CCN(C2CNCCC2CN2CCCCC2CCO)CC1. The lowest BCUT2D eigenvalue weighted by atomic mass is 9.88. The molecular formula is C19H38N4O. The van der Waals surface area contributed by atoms with Crippen LogP contribution in [0.3, 0.4) is 0 Å². The van der Waals surface area contributed by atoms with E-state index in [1.54, 1.807) is 0 Å². The molecule has 5 heteroatoms. The molecule has 3 atom stereocenters. The Labute approximate surface area is 148 Å². The Morgan fingerprint density at radius 2 is 1.88 bits per heavy atom. The van der Waals surface area contributed by atoms with Crippen LogP contribution in [-0.4, -0.2) is 97.4 Å². The zero-order valence-corrected chi connectivity index (χ0v) is 15.6. The van der Waals surface area contributed by atoms with Gasteiger partial charge in [0.25, 0.3) is 0 Å². The molecule has 24 heavy (non-hydrogen) atoms. The first-order valence-corrected chi connectivity index (χ1v) is 10.3. The molecule has 3 fully saturated rings. The minimum Gasteiger partial charge on any atom is -0.396 e. The fourth-order valence-electron chi connectivity index (χ4n) is 5.03. The van der Waals surface area contributed by atoms with Crippen LogP contribution in [0.4, 0.5) is 0 Å². The van der Waals surface area contributed by atoms with Gasteiger partial charge in [0.05, 0.1) is 0 Å². The van der Waals surface area contributed by atoms with Crippen molar-refractivity contribution in [3.63, 3.8) is 0 Å². The van der Waals surface area contributed by atoms with E-state index < -0.39 is 0 Å². The third kappa shape index (κ3) is 4.70. The molecule has 0 aromatic carbocycles. The molecule has 3 aliphatic rings. The number of hydrogen-bond acceptors (Lipinski definition) is 5. The molecule has 0 radical (unpaired) electrons. The second-order valence-corrected chi connectivity index (χ2v) is 7.95. The average Bonchev–Trinajstić information content (AvgIpc) is 2.64. The molecule has 3 aliphatic heterocycles. The van der Waals surface area contributed by atoms with Crippen molar-refractivity contribution in [2.75, 3.05) is 65.5 Å². The van der Waals surface area contributed by atoms with Gasteiger partial charge in [0.1, 0.15) is 0 Å². The number of aliphatic hydroxyl groups excluding tert-OH is 1. The van der Waals surface area contributed by atoms with Gasteiger partial charge in [-0.15, -0.1) is 0 Å². The molecule has 3 heterocycles. The summed E-state index contributed by atoms with van der Waals surface area (Å²) in [7, 11) is 0. The number of piperidine rings is 2. The van der Waals surface area contributed by atoms with Gasteiger partial charge in [-0.3, -0.25) is 9.80 Å². The number of piperazine rings is 1. The van der Waals surface area contributed by atoms with E-state index in [1.807, 2.05) is 0 Å².